The number of ether oxygens (including phenoxy) is 2. The molecule has 0 spiro atoms. The SMILES string of the molecule is COc1cc(C(=O)NCC(=O)NC2CC2)cc(Cl)c1OCC(C)C. The highest BCUT2D eigenvalue weighted by Gasteiger charge is 2.23. The van der Waals surface area contributed by atoms with E-state index < -0.39 is 5.91 Å². The van der Waals surface area contributed by atoms with Crippen LogP contribution in [-0.4, -0.2) is 38.1 Å². The minimum Gasteiger partial charge on any atom is -0.493 e. The zero-order valence-electron chi connectivity index (χ0n) is 14.1. The van der Waals surface area contributed by atoms with Crippen molar-refractivity contribution in [3.63, 3.8) is 0 Å². The molecule has 2 amide bonds. The first kappa shape index (κ1) is 18.4. The zero-order valence-corrected chi connectivity index (χ0v) is 14.9. The highest BCUT2D eigenvalue weighted by molar-refractivity contribution is 6.32. The molecule has 0 heterocycles. The molecular formula is C17H23ClN2O4. The number of benzene rings is 1. The Hall–Kier alpha value is -1.95. The predicted molar refractivity (Wildman–Crippen MR) is 91.8 cm³/mol. The van der Waals surface area contributed by atoms with Crippen LogP contribution in [-0.2, 0) is 4.79 Å². The molecule has 6 nitrogen and oxygen atoms in total. The third-order valence-electron chi connectivity index (χ3n) is 3.40. The van der Waals surface area contributed by atoms with Gasteiger partial charge in [-0.15, -0.1) is 0 Å². The van der Waals surface area contributed by atoms with E-state index in [-0.39, 0.29) is 18.5 Å². The van der Waals surface area contributed by atoms with Crippen LogP contribution < -0.4 is 20.1 Å². The third-order valence-corrected chi connectivity index (χ3v) is 3.69. The van der Waals surface area contributed by atoms with Crippen LogP contribution in [0.5, 0.6) is 11.5 Å². The maximum absolute atomic E-state index is 12.2. The molecule has 2 rings (SSSR count). The molecule has 1 aliphatic rings. The lowest BCUT2D eigenvalue weighted by molar-refractivity contribution is -0.120. The number of halogens is 1. The smallest absolute Gasteiger partial charge is 0.251 e. The van der Waals surface area contributed by atoms with E-state index in [0.717, 1.165) is 12.8 Å². The molecule has 0 aliphatic heterocycles. The summed E-state index contributed by atoms with van der Waals surface area (Å²) in [7, 11) is 1.48. The minimum absolute atomic E-state index is 0.0686. The second-order valence-corrected chi connectivity index (χ2v) is 6.63. The molecule has 0 unspecified atom stereocenters. The molecule has 7 heteroatoms. The molecule has 1 aromatic rings. The fourth-order valence-corrected chi connectivity index (χ4v) is 2.28. The van der Waals surface area contributed by atoms with Gasteiger partial charge in [0.05, 0.1) is 25.3 Å². The van der Waals surface area contributed by atoms with Crippen LogP contribution in [0.1, 0.15) is 37.0 Å². The lowest BCUT2D eigenvalue weighted by Crippen LogP contribution is -2.37. The van der Waals surface area contributed by atoms with Gasteiger partial charge in [0.15, 0.2) is 11.5 Å². The number of amides is 2. The average molecular weight is 355 g/mol. The summed E-state index contributed by atoms with van der Waals surface area (Å²) < 4.78 is 10.9. The summed E-state index contributed by atoms with van der Waals surface area (Å²) >= 11 is 6.22. The first-order valence-electron chi connectivity index (χ1n) is 7.98. The normalized spacial score (nSPS) is 13.5. The maximum Gasteiger partial charge on any atom is 0.251 e. The molecule has 1 aliphatic carbocycles. The summed E-state index contributed by atoms with van der Waals surface area (Å²) in [4.78, 5) is 23.8. The van der Waals surface area contributed by atoms with Gasteiger partial charge in [-0.05, 0) is 30.9 Å². The molecule has 0 saturated heterocycles. The number of methoxy groups -OCH3 is 1. The Bertz CT molecular complexity index is 615. The highest BCUT2D eigenvalue weighted by Crippen LogP contribution is 2.36. The average Bonchev–Trinajstić information content (AvgIpc) is 3.34. The van der Waals surface area contributed by atoms with E-state index >= 15 is 0 Å². The van der Waals surface area contributed by atoms with Crippen LogP contribution in [0.15, 0.2) is 12.1 Å². The molecule has 0 atom stereocenters. The summed E-state index contributed by atoms with van der Waals surface area (Å²) in [6, 6.07) is 3.32. The Morgan fingerprint density at radius 2 is 2.04 bits per heavy atom. The molecule has 0 radical (unpaired) electrons. The molecule has 1 fully saturated rings. The second kappa shape index (κ2) is 8.24. The third kappa shape index (κ3) is 5.30. The number of rotatable bonds is 8. The van der Waals surface area contributed by atoms with E-state index in [1.165, 1.54) is 13.2 Å². The fraction of sp³-hybridized carbons (Fsp3) is 0.529. The van der Waals surface area contributed by atoms with Gasteiger partial charge in [0.2, 0.25) is 5.91 Å². The lowest BCUT2D eigenvalue weighted by atomic mass is 10.1. The van der Waals surface area contributed by atoms with Gasteiger partial charge < -0.3 is 20.1 Å². The van der Waals surface area contributed by atoms with Crippen LogP contribution in [0.2, 0.25) is 5.02 Å². The lowest BCUT2D eigenvalue weighted by Gasteiger charge is -2.15. The maximum atomic E-state index is 12.2. The summed E-state index contributed by atoms with van der Waals surface area (Å²) in [5.41, 5.74) is 0.313. The number of hydrogen-bond donors (Lipinski definition) is 2. The zero-order chi connectivity index (χ0) is 17.7. The van der Waals surface area contributed by atoms with E-state index in [0.29, 0.717) is 34.6 Å². The molecule has 24 heavy (non-hydrogen) atoms. The first-order valence-corrected chi connectivity index (χ1v) is 8.36. The Labute approximate surface area is 146 Å². The van der Waals surface area contributed by atoms with Gasteiger partial charge in [0, 0.05) is 11.6 Å². The first-order chi connectivity index (χ1) is 11.4. The van der Waals surface area contributed by atoms with Gasteiger partial charge in [0.25, 0.3) is 5.91 Å². The summed E-state index contributed by atoms with van der Waals surface area (Å²) in [5, 5.41) is 5.67. The Balaban J connectivity index is 2.01. The molecule has 0 aromatic heterocycles. The molecule has 2 N–H and O–H groups in total. The number of nitrogens with one attached hydrogen (secondary N) is 2. The van der Waals surface area contributed by atoms with Gasteiger partial charge in [-0.3, -0.25) is 9.59 Å². The second-order valence-electron chi connectivity index (χ2n) is 6.22. The van der Waals surface area contributed by atoms with Gasteiger partial charge in [0.1, 0.15) is 0 Å². The summed E-state index contributed by atoms with van der Waals surface area (Å²) in [5.74, 6) is 0.544. The van der Waals surface area contributed by atoms with E-state index in [4.69, 9.17) is 21.1 Å². The van der Waals surface area contributed by atoms with E-state index in [9.17, 15) is 9.59 Å². The quantitative estimate of drug-likeness (QED) is 0.751. The van der Waals surface area contributed by atoms with Crippen molar-refractivity contribution in [3.05, 3.63) is 22.7 Å². The van der Waals surface area contributed by atoms with Crippen molar-refractivity contribution in [1.82, 2.24) is 10.6 Å². The van der Waals surface area contributed by atoms with Crippen LogP contribution >= 0.6 is 11.6 Å². The standard InChI is InChI=1S/C17H23ClN2O4/c1-10(2)9-24-16-13(18)6-11(7-14(16)23-3)17(22)19-8-15(21)20-12-4-5-12/h6-7,10,12H,4-5,8-9H2,1-3H3,(H,19,22)(H,20,21). The Morgan fingerprint density at radius 3 is 2.62 bits per heavy atom. The van der Waals surface area contributed by atoms with Crippen molar-refractivity contribution < 1.29 is 19.1 Å². The van der Waals surface area contributed by atoms with Crippen LogP contribution in [0.3, 0.4) is 0 Å². The monoisotopic (exact) mass is 354 g/mol. The number of carbonyl (C=O) groups is 2. The van der Waals surface area contributed by atoms with E-state index in [1.54, 1.807) is 6.07 Å². The molecular weight excluding hydrogens is 332 g/mol. The van der Waals surface area contributed by atoms with Gasteiger partial charge in [-0.2, -0.15) is 0 Å². The van der Waals surface area contributed by atoms with Crippen LogP contribution in [0.25, 0.3) is 0 Å². The fourth-order valence-electron chi connectivity index (χ4n) is 2.01. The largest absolute Gasteiger partial charge is 0.493 e. The molecule has 1 aromatic carbocycles. The Kier molecular flexibility index (Phi) is 6.31. The predicted octanol–water partition coefficient (Wildman–Crippen LogP) is 2.39. The van der Waals surface area contributed by atoms with E-state index in [1.807, 2.05) is 13.8 Å². The van der Waals surface area contributed by atoms with Crippen molar-refractivity contribution in [1.29, 1.82) is 0 Å². The van der Waals surface area contributed by atoms with Crippen molar-refractivity contribution in [2.24, 2.45) is 5.92 Å². The van der Waals surface area contributed by atoms with Crippen molar-refractivity contribution in [3.8, 4) is 11.5 Å². The van der Waals surface area contributed by atoms with Crippen molar-refractivity contribution >= 4 is 23.4 Å². The highest BCUT2D eigenvalue weighted by atomic mass is 35.5. The van der Waals surface area contributed by atoms with E-state index in [2.05, 4.69) is 10.6 Å². The van der Waals surface area contributed by atoms with Gasteiger partial charge >= 0.3 is 0 Å². The van der Waals surface area contributed by atoms with Crippen molar-refractivity contribution in [2.45, 2.75) is 32.7 Å². The van der Waals surface area contributed by atoms with Gasteiger partial charge in [-0.1, -0.05) is 25.4 Å². The molecule has 1 saturated carbocycles. The number of carbonyl (C=O) groups excluding carboxylic acids is 2. The molecule has 132 valence electrons. The van der Waals surface area contributed by atoms with Crippen molar-refractivity contribution in [2.75, 3.05) is 20.3 Å². The van der Waals surface area contributed by atoms with Crippen LogP contribution in [0, 0.1) is 5.92 Å². The number of hydrogen-bond acceptors (Lipinski definition) is 4. The summed E-state index contributed by atoms with van der Waals surface area (Å²) in [6.45, 7) is 4.47. The summed E-state index contributed by atoms with van der Waals surface area (Å²) in [6.07, 6.45) is 2.01. The topological polar surface area (TPSA) is 76.7 Å². The molecule has 0 bridgehead atoms. The Morgan fingerprint density at radius 1 is 1.33 bits per heavy atom. The van der Waals surface area contributed by atoms with Gasteiger partial charge in [-0.25, -0.2) is 0 Å². The minimum atomic E-state index is -0.392. The van der Waals surface area contributed by atoms with Crippen LogP contribution in [0.4, 0.5) is 0 Å².